The minimum Gasteiger partial charge on any atom is -0.333 e. The van der Waals surface area contributed by atoms with Crippen LogP contribution in [-0.2, 0) is 4.79 Å². The number of fused-ring (bicyclic) bond motifs is 1. The van der Waals surface area contributed by atoms with Crippen LogP contribution in [0.5, 0.6) is 0 Å². The van der Waals surface area contributed by atoms with E-state index >= 15 is 0 Å². The summed E-state index contributed by atoms with van der Waals surface area (Å²) in [6.07, 6.45) is 2.13. The maximum Gasteiger partial charge on any atom is 0.270 e. The zero-order valence-corrected chi connectivity index (χ0v) is 15.4. The smallest absolute Gasteiger partial charge is 0.270 e. The van der Waals surface area contributed by atoms with E-state index in [1.54, 1.807) is 35.7 Å². The molecule has 3 amide bonds. The molecule has 1 aliphatic carbocycles. The minimum atomic E-state index is -0.476. The molecule has 8 nitrogen and oxygen atoms in total. The predicted molar refractivity (Wildman–Crippen MR) is 100 cm³/mol. The Balaban J connectivity index is 1.31. The van der Waals surface area contributed by atoms with Crippen LogP contribution in [-0.4, -0.2) is 39.3 Å². The topological polar surface area (TPSA) is 105 Å². The Morgan fingerprint density at radius 1 is 1.18 bits per heavy atom. The molecule has 1 aliphatic heterocycles. The maximum absolute atomic E-state index is 12.5. The molecule has 1 N–H and O–H groups in total. The molecule has 0 bridgehead atoms. The third kappa shape index (κ3) is 2.80. The number of thiophene rings is 1. The van der Waals surface area contributed by atoms with Crippen molar-refractivity contribution in [3.05, 3.63) is 52.7 Å². The van der Waals surface area contributed by atoms with Crippen LogP contribution < -0.4 is 5.32 Å². The van der Waals surface area contributed by atoms with Gasteiger partial charge in [-0.1, -0.05) is 17.3 Å². The van der Waals surface area contributed by atoms with E-state index in [0.717, 1.165) is 17.7 Å². The van der Waals surface area contributed by atoms with Crippen molar-refractivity contribution in [3.63, 3.8) is 0 Å². The molecular formula is C19H14N4O4S. The minimum absolute atomic E-state index is 0.315. The largest absolute Gasteiger partial charge is 0.333 e. The third-order valence-electron chi connectivity index (χ3n) is 4.70. The molecule has 1 fully saturated rings. The molecule has 3 heterocycles. The predicted octanol–water partition coefficient (Wildman–Crippen LogP) is 2.91. The van der Waals surface area contributed by atoms with E-state index in [4.69, 9.17) is 4.52 Å². The van der Waals surface area contributed by atoms with Crippen LogP contribution in [0.4, 0.5) is 5.69 Å². The van der Waals surface area contributed by atoms with Crippen LogP contribution in [0.2, 0.25) is 0 Å². The Labute approximate surface area is 163 Å². The molecule has 0 radical (unpaired) electrons. The maximum atomic E-state index is 12.5. The number of carbonyl (C=O) groups excluding carboxylic acids is 3. The van der Waals surface area contributed by atoms with Crippen LogP contribution in [0.1, 0.15) is 45.3 Å². The second-order valence-electron chi connectivity index (χ2n) is 6.69. The Morgan fingerprint density at radius 2 is 1.89 bits per heavy atom. The molecule has 2 aliphatic rings. The summed E-state index contributed by atoms with van der Waals surface area (Å²) in [6.45, 7) is -0.362. The van der Waals surface area contributed by atoms with E-state index in [-0.39, 0.29) is 6.54 Å². The summed E-state index contributed by atoms with van der Waals surface area (Å²) in [6, 6.07) is 8.26. The summed E-state index contributed by atoms with van der Waals surface area (Å²) in [7, 11) is 0. The second kappa shape index (κ2) is 6.38. The zero-order valence-electron chi connectivity index (χ0n) is 14.5. The van der Waals surface area contributed by atoms with Crippen LogP contribution in [0.15, 0.2) is 40.2 Å². The lowest BCUT2D eigenvalue weighted by Crippen LogP contribution is -2.37. The molecule has 28 heavy (non-hydrogen) atoms. The molecule has 0 unspecified atom stereocenters. The number of nitrogens with one attached hydrogen (secondary N) is 1. The summed E-state index contributed by atoms with van der Waals surface area (Å²) in [5.41, 5.74) is 1.14. The molecule has 3 aromatic rings. The van der Waals surface area contributed by atoms with E-state index in [1.807, 2.05) is 0 Å². The molecular weight excluding hydrogens is 380 g/mol. The van der Waals surface area contributed by atoms with Gasteiger partial charge in [-0.05, 0) is 36.4 Å². The Kier molecular flexibility index (Phi) is 3.83. The lowest BCUT2D eigenvalue weighted by Gasteiger charge is -2.13. The number of hydrogen-bond acceptors (Lipinski definition) is 7. The highest BCUT2D eigenvalue weighted by Crippen LogP contribution is 2.40. The quantitative estimate of drug-likeness (QED) is 0.667. The van der Waals surface area contributed by atoms with E-state index in [2.05, 4.69) is 15.5 Å². The molecule has 1 aromatic carbocycles. The molecule has 1 saturated carbocycles. The number of anilines is 1. The number of benzene rings is 1. The first-order chi connectivity index (χ1) is 13.6. The summed E-state index contributed by atoms with van der Waals surface area (Å²) >= 11 is 1.37. The van der Waals surface area contributed by atoms with Gasteiger partial charge in [0.05, 0.1) is 16.8 Å². The van der Waals surface area contributed by atoms with Crippen molar-refractivity contribution in [2.24, 2.45) is 0 Å². The number of carbonyl (C=O) groups is 3. The van der Waals surface area contributed by atoms with Gasteiger partial charge in [0.2, 0.25) is 5.91 Å². The second-order valence-corrected chi connectivity index (χ2v) is 7.60. The first-order valence-corrected chi connectivity index (χ1v) is 9.66. The fraction of sp³-hybridized carbons (Fsp3) is 0.211. The van der Waals surface area contributed by atoms with Gasteiger partial charge in [0, 0.05) is 5.92 Å². The Hall–Kier alpha value is -3.33. The molecule has 9 heteroatoms. The first kappa shape index (κ1) is 16.8. The van der Waals surface area contributed by atoms with Gasteiger partial charge in [0.25, 0.3) is 17.7 Å². The zero-order chi connectivity index (χ0) is 19.3. The van der Waals surface area contributed by atoms with Gasteiger partial charge in [-0.25, -0.2) is 0 Å². The standard InChI is InChI=1S/C19H14N4O4S/c24-14(9-23-18(25)11-3-1-2-4-12(11)19(23)26)20-13-7-8-28-15(13)17-21-16(22-27-17)10-5-6-10/h1-4,7-8,10H,5-6,9H2,(H,20,24). The highest BCUT2D eigenvalue weighted by atomic mass is 32.1. The van der Waals surface area contributed by atoms with E-state index in [9.17, 15) is 14.4 Å². The Bertz CT molecular complexity index is 1080. The van der Waals surface area contributed by atoms with Crippen molar-refractivity contribution in [3.8, 4) is 10.8 Å². The van der Waals surface area contributed by atoms with Gasteiger partial charge in [-0.3, -0.25) is 19.3 Å². The van der Waals surface area contributed by atoms with Crippen molar-refractivity contribution in [1.29, 1.82) is 0 Å². The molecule has 2 aromatic heterocycles. The highest BCUT2D eigenvalue weighted by molar-refractivity contribution is 7.14. The number of rotatable bonds is 5. The molecule has 140 valence electrons. The van der Waals surface area contributed by atoms with Gasteiger partial charge >= 0.3 is 0 Å². The van der Waals surface area contributed by atoms with Gasteiger partial charge in [-0.15, -0.1) is 11.3 Å². The lowest BCUT2D eigenvalue weighted by molar-refractivity contribution is -0.116. The molecule has 0 spiro atoms. The molecule has 0 atom stereocenters. The fourth-order valence-corrected chi connectivity index (χ4v) is 3.89. The number of aromatic nitrogens is 2. The third-order valence-corrected chi connectivity index (χ3v) is 5.60. The fourth-order valence-electron chi connectivity index (χ4n) is 3.12. The van der Waals surface area contributed by atoms with Crippen LogP contribution >= 0.6 is 11.3 Å². The first-order valence-electron chi connectivity index (χ1n) is 8.78. The lowest BCUT2D eigenvalue weighted by atomic mass is 10.1. The average Bonchev–Trinajstić information content (AvgIpc) is 3.16. The van der Waals surface area contributed by atoms with E-state index in [0.29, 0.717) is 39.3 Å². The van der Waals surface area contributed by atoms with Crippen LogP contribution in [0.25, 0.3) is 10.8 Å². The van der Waals surface area contributed by atoms with Gasteiger partial charge in [0.15, 0.2) is 5.82 Å². The molecule has 0 saturated heterocycles. The SMILES string of the molecule is O=C(CN1C(=O)c2ccccc2C1=O)Nc1ccsc1-c1nc(C2CC2)no1. The van der Waals surface area contributed by atoms with Crippen molar-refractivity contribution in [1.82, 2.24) is 15.0 Å². The summed E-state index contributed by atoms with van der Waals surface area (Å²) in [5, 5.41) is 8.53. The van der Waals surface area contributed by atoms with Crippen molar-refractivity contribution >= 4 is 34.7 Å². The van der Waals surface area contributed by atoms with Gasteiger partial charge < -0.3 is 9.84 Å². The number of imide groups is 1. The average molecular weight is 394 g/mol. The summed E-state index contributed by atoms with van der Waals surface area (Å²) in [5.74, 6) is -0.000386. The van der Waals surface area contributed by atoms with Gasteiger partial charge in [0.1, 0.15) is 11.4 Å². The Morgan fingerprint density at radius 3 is 2.57 bits per heavy atom. The monoisotopic (exact) mass is 394 g/mol. The van der Waals surface area contributed by atoms with Crippen LogP contribution in [0, 0.1) is 0 Å². The van der Waals surface area contributed by atoms with Crippen molar-refractivity contribution < 1.29 is 18.9 Å². The van der Waals surface area contributed by atoms with Crippen molar-refractivity contribution in [2.75, 3.05) is 11.9 Å². The highest BCUT2D eigenvalue weighted by Gasteiger charge is 2.36. The summed E-state index contributed by atoms with van der Waals surface area (Å²) in [4.78, 5) is 43.3. The number of amides is 3. The van der Waals surface area contributed by atoms with E-state index in [1.165, 1.54) is 11.3 Å². The van der Waals surface area contributed by atoms with Gasteiger partial charge in [-0.2, -0.15) is 4.98 Å². The van der Waals surface area contributed by atoms with Crippen molar-refractivity contribution in [2.45, 2.75) is 18.8 Å². The molecule has 5 rings (SSSR count). The van der Waals surface area contributed by atoms with Crippen LogP contribution in [0.3, 0.4) is 0 Å². The normalized spacial score (nSPS) is 15.8. The summed E-state index contributed by atoms with van der Waals surface area (Å²) < 4.78 is 5.32. The number of hydrogen-bond donors (Lipinski definition) is 1. The number of nitrogens with zero attached hydrogens (tertiary/aromatic N) is 3. The van der Waals surface area contributed by atoms with E-state index < -0.39 is 17.7 Å².